The fourth-order valence-electron chi connectivity index (χ4n) is 0.832. The molecule has 0 saturated heterocycles. The molecule has 0 fully saturated rings. The Kier molecular flexibility index (Phi) is 3.62. The van der Waals surface area contributed by atoms with Crippen LogP contribution in [0.2, 0.25) is 0 Å². The smallest absolute Gasteiger partial charge is 0.239 e. The minimum atomic E-state index is -4.29. The second kappa shape index (κ2) is 4.26. The van der Waals surface area contributed by atoms with Gasteiger partial charge in [0.2, 0.25) is 0 Å². The molecule has 1 heterocycles. The summed E-state index contributed by atoms with van der Waals surface area (Å²) in [6.45, 7) is 0. The molecule has 15 heavy (non-hydrogen) atoms. The first-order valence-corrected chi connectivity index (χ1v) is 6.42. The van der Waals surface area contributed by atoms with Gasteiger partial charge in [0, 0.05) is 10.7 Å². The molecule has 1 aromatic rings. The van der Waals surface area contributed by atoms with E-state index in [0.29, 0.717) is 6.20 Å². The van der Waals surface area contributed by atoms with Gasteiger partial charge in [0.15, 0.2) is 10.8 Å². The SMILES string of the molecule is O=S(=O)(Cl)c1ncc(F)c(C(F)F)c1Br. The van der Waals surface area contributed by atoms with Crippen molar-refractivity contribution >= 4 is 35.7 Å². The minimum absolute atomic E-state index is 0.377. The number of rotatable bonds is 2. The molecule has 3 nitrogen and oxygen atoms in total. The van der Waals surface area contributed by atoms with Crippen molar-refractivity contribution in [3.8, 4) is 0 Å². The zero-order valence-corrected chi connectivity index (χ0v) is 9.87. The van der Waals surface area contributed by atoms with Gasteiger partial charge >= 0.3 is 0 Å². The largest absolute Gasteiger partial charge is 0.279 e. The topological polar surface area (TPSA) is 47.0 Å². The normalized spacial score (nSPS) is 12.1. The van der Waals surface area contributed by atoms with Crippen LogP contribution in [0.25, 0.3) is 0 Å². The molecule has 0 aliphatic rings. The predicted octanol–water partition coefficient (Wildman–Crippen LogP) is 2.85. The van der Waals surface area contributed by atoms with E-state index in [1.165, 1.54) is 0 Å². The van der Waals surface area contributed by atoms with E-state index in [1.54, 1.807) is 0 Å². The zero-order valence-electron chi connectivity index (χ0n) is 6.72. The maximum atomic E-state index is 12.9. The minimum Gasteiger partial charge on any atom is -0.239 e. The number of hydrogen-bond acceptors (Lipinski definition) is 3. The highest BCUT2D eigenvalue weighted by Crippen LogP contribution is 2.34. The highest BCUT2D eigenvalue weighted by atomic mass is 79.9. The van der Waals surface area contributed by atoms with Gasteiger partial charge in [-0.25, -0.2) is 26.6 Å². The molecule has 0 radical (unpaired) electrons. The van der Waals surface area contributed by atoms with Crippen LogP contribution < -0.4 is 0 Å². The van der Waals surface area contributed by atoms with Gasteiger partial charge in [-0.1, -0.05) is 0 Å². The van der Waals surface area contributed by atoms with Gasteiger partial charge in [0.1, 0.15) is 0 Å². The molecule has 0 spiro atoms. The summed E-state index contributed by atoms with van der Waals surface area (Å²) < 4.78 is 58.5. The molecule has 0 atom stereocenters. The fraction of sp³-hybridized carbons (Fsp3) is 0.167. The van der Waals surface area contributed by atoms with Crippen LogP contribution in [-0.4, -0.2) is 13.4 Å². The Labute approximate surface area is 95.8 Å². The van der Waals surface area contributed by atoms with E-state index >= 15 is 0 Å². The number of hydrogen-bond donors (Lipinski definition) is 0. The lowest BCUT2D eigenvalue weighted by Crippen LogP contribution is -2.03. The molecule has 0 unspecified atom stereocenters. The third-order valence-corrected chi connectivity index (χ3v) is 3.70. The molecule has 0 amide bonds. The summed E-state index contributed by atoms with van der Waals surface area (Å²) in [6, 6.07) is 0. The van der Waals surface area contributed by atoms with E-state index in [0.717, 1.165) is 0 Å². The first-order chi connectivity index (χ1) is 6.75. The summed E-state index contributed by atoms with van der Waals surface area (Å²) in [5.74, 6) is -1.30. The summed E-state index contributed by atoms with van der Waals surface area (Å²) in [7, 11) is 0.613. The molecule has 1 rings (SSSR count). The lowest BCUT2D eigenvalue weighted by molar-refractivity contribution is 0.144. The Balaban J connectivity index is 3.56. The number of pyridine rings is 1. The van der Waals surface area contributed by atoms with Crippen molar-refractivity contribution < 1.29 is 21.6 Å². The van der Waals surface area contributed by atoms with Gasteiger partial charge in [-0.3, -0.25) is 0 Å². The lowest BCUT2D eigenvalue weighted by atomic mass is 10.3. The second-order valence-corrected chi connectivity index (χ2v) is 5.65. The Morgan fingerprint density at radius 2 is 2.00 bits per heavy atom. The average Bonchev–Trinajstić information content (AvgIpc) is 2.00. The van der Waals surface area contributed by atoms with E-state index in [1.807, 2.05) is 0 Å². The predicted molar refractivity (Wildman–Crippen MR) is 49.9 cm³/mol. The summed E-state index contributed by atoms with van der Waals surface area (Å²) in [6.07, 6.45) is -2.79. The van der Waals surface area contributed by atoms with Crippen molar-refractivity contribution in [2.24, 2.45) is 0 Å². The number of halogens is 5. The number of aromatic nitrogens is 1. The van der Waals surface area contributed by atoms with E-state index in [-0.39, 0.29) is 0 Å². The molecular weight excluding hydrogens is 322 g/mol. The van der Waals surface area contributed by atoms with E-state index in [9.17, 15) is 21.6 Å². The van der Waals surface area contributed by atoms with Crippen LogP contribution in [0.1, 0.15) is 12.0 Å². The quantitative estimate of drug-likeness (QED) is 0.786. The highest BCUT2D eigenvalue weighted by molar-refractivity contribution is 9.10. The monoisotopic (exact) mass is 323 g/mol. The van der Waals surface area contributed by atoms with Crippen molar-refractivity contribution in [3.63, 3.8) is 0 Å². The molecule has 0 saturated carbocycles. The maximum Gasteiger partial charge on any atom is 0.279 e. The standard InChI is InChI=1S/C6H2BrClF3NO2S/c7-4-3(5(10)11)2(9)1-12-6(4)15(8,13)14/h1,5H. The molecule has 1 aromatic heterocycles. The first kappa shape index (κ1) is 12.7. The van der Waals surface area contributed by atoms with Crippen LogP contribution in [0, 0.1) is 5.82 Å². The molecule has 0 aromatic carbocycles. The highest BCUT2D eigenvalue weighted by Gasteiger charge is 2.26. The van der Waals surface area contributed by atoms with Crippen molar-refractivity contribution in [3.05, 3.63) is 22.1 Å². The third-order valence-electron chi connectivity index (χ3n) is 1.43. The Morgan fingerprint density at radius 1 is 1.47 bits per heavy atom. The second-order valence-electron chi connectivity index (χ2n) is 2.38. The van der Waals surface area contributed by atoms with Crippen LogP contribution in [-0.2, 0) is 9.05 Å². The van der Waals surface area contributed by atoms with Gasteiger partial charge in [-0.05, 0) is 15.9 Å². The summed E-state index contributed by atoms with van der Waals surface area (Å²) in [5, 5.41) is -0.833. The van der Waals surface area contributed by atoms with Crippen molar-refractivity contribution in [1.29, 1.82) is 0 Å². The molecule has 0 N–H and O–H groups in total. The number of alkyl halides is 2. The fourth-order valence-corrected chi connectivity index (χ4v) is 3.07. The van der Waals surface area contributed by atoms with E-state index in [4.69, 9.17) is 10.7 Å². The van der Waals surface area contributed by atoms with Crippen molar-refractivity contribution in [2.75, 3.05) is 0 Å². The van der Waals surface area contributed by atoms with E-state index < -0.39 is 36.4 Å². The van der Waals surface area contributed by atoms with Crippen LogP contribution in [0.3, 0.4) is 0 Å². The van der Waals surface area contributed by atoms with E-state index in [2.05, 4.69) is 20.9 Å². The Morgan fingerprint density at radius 3 is 2.40 bits per heavy atom. The Hall–Kier alpha value is -0.340. The van der Waals surface area contributed by atoms with Crippen LogP contribution in [0.15, 0.2) is 15.7 Å². The summed E-state index contributed by atoms with van der Waals surface area (Å²) in [5.41, 5.74) is -1.08. The average molecular weight is 325 g/mol. The first-order valence-electron chi connectivity index (χ1n) is 3.32. The van der Waals surface area contributed by atoms with Gasteiger partial charge < -0.3 is 0 Å². The van der Waals surface area contributed by atoms with Crippen LogP contribution >= 0.6 is 26.6 Å². The van der Waals surface area contributed by atoms with Gasteiger partial charge in [-0.2, -0.15) is 0 Å². The Bertz CT molecular complexity index is 493. The molecule has 0 aliphatic heterocycles. The van der Waals surface area contributed by atoms with Crippen LogP contribution in [0.4, 0.5) is 13.2 Å². The molecule has 9 heteroatoms. The molecule has 84 valence electrons. The molecule has 0 bridgehead atoms. The summed E-state index contributed by atoms with van der Waals surface area (Å²) >= 11 is 2.52. The maximum absolute atomic E-state index is 12.9. The third kappa shape index (κ3) is 2.61. The van der Waals surface area contributed by atoms with Gasteiger partial charge in [-0.15, -0.1) is 0 Å². The lowest BCUT2D eigenvalue weighted by Gasteiger charge is -2.06. The molecular formula is C6H2BrClF3NO2S. The van der Waals surface area contributed by atoms with Gasteiger partial charge in [0.25, 0.3) is 15.5 Å². The number of nitrogens with zero attached hydrogens (tertiary/aromatic N) is 1. The van der Waals surface area contributed by atoms with Crippen molar-refractivity contribution in [2.45, 2.75) is 11.5 Å². The van der Waals surface area contributed by atoms with Crippen LogP contribution in [0.5, 0.6) is 0 Å². The molecule has 0 aliphatic carbocycles. The summed E-state index contributed by atoms with van der Waals surface area (Å²) in [4.78, 5) is 3.12. The zero-order chi connectivity index (χ0) is 11.8. The van der Waals surface area contributed by atoms with Gasteiger partial charge in [0.05, 0.1) is 16.2 Å². The van der Waals surface area contributed by atoms with Crippen molar-refractivity contribution in [1.82, 2.24) is 4.98 Å².